The van der Waals surface area contributed by atoms with E-state index in [1.54, 1.807) is 4.90 Å². The van der Waals surface area contributed by atoms with Gasteiger partial charge in [0.15, 0.2) is 17.3 Å². The number of nitrogen functional groups attached to an aromatic ring is 1. The first-order chi connectivity index (χ1) is 24.6. The summed E-state index contributed by atoms with van der Waals surface area (Å²) < 4.78 is 44.9. The number of hydrogen-bond acceptors (Lipinski definition) is 8. The minimum Gasteiger partial charge on any atom is -0.397 e. The SMILES string of the molecule is Cn1c(-c2cn(-c3ccc(N)cn3)nc2C(F)(F)F)cnc1C(=O)Nc1ccc(C(=O)N2CCC(C(=O)N3CC[N+](C)(C)C(CO)C3)CC2)c(Cl)c1. The van der Waals surface area contributed by atoms with Crippen LogP contribution in [0.4, 0.5) is 24.5 Å². The fraction of sp³-hybridized carbons (Fsp3) is 0.412. The highest BCUT2D eigenvalue weighted by Crippen LogP contribution is 2.37. The lowest BCUT2D eigenvalue weighted by Crippen LogP contribution is -2.64. The van der Waals surface area contributed by atoms with Gasteiger partial charge in [-0.2, -0.15) is 18.3 Å². The Balaban J connectivity index is 1.10. The first-order valence-corrected chi connectivity index (χ1v) is 17.0. The number of piperazine rings is 1. The van der Waals surface area contributed by atoms with Gasteiger partial charge < -0.3 is 35.0 Å². The number of pyridine rings is 1. The molecule has 4 aromatic rings. The highest BCUT2D eigenvalue weighted by Gasteiger charge is 2.40. The third-order valence-corrected chi connectivity index (χ3v) is 10.2. The number of aliphatic hydroxyl groups is 1. The van der Waals surface area contributed by atoms with Gasteiger partial charge >= 0.3 is 6.18 Å². The molecule has 276 valence electrons. The molecule has 1 unspecified atom stereocenters. The van der Waals surface area contributed by atoms with Crippen LogP contribution in [-0.2, 0) is 18.0 Å². The van der Waals surface area contributed by atoms with Crippen LogP contribution in [0.1, 0.15) is 39.5 Å². The number of halogens is 4. The first kappa shape index (κ1) is 36.8. The molecule has 2 fully saturated rings. The number of alkyl halides is 3. The van der Waals surface area contributed by atoms with E-state index in [0.717, 1.165) is 23.6 Å². The summed E-state index contributed by atoms with van der Waals surface area (Å²) >= 11 is 6.51. The molecule has 14 nitrogen and oxygen atoms in total. The summed E-state index contributed by atoms with van der Waals surface area (Å²) in [6.45, 7) is 2.61. The van der Waals surface area contributed by atoms with Crippen LogP contribution in [0.25, 0.3) is 17.1 Å². The Kier molecular flexibility index (Phi) is 10.0. The van der Waals surface area contributed by atoms with Crippen LogP contribution in [0.3, 0.4) is 0 Å². The number of likely N-dealkylation sites (tertiary alicyclic amines) is 1. The molecule has 18 heteroatoms. The summed E-state index contributed by atoms with van der Waals surface area (Å²) in [5.41, 5.74) is 4.92. The normalized spacial score (nSPS) is 18.0. The fourth-order valence-electron chi connectivity index (χ4n) is 6.61. The number of hydrogen-bond donors (Lipinski definition) is 3. The van der Waals surface area contributed by atoms with E-state index in [4.69, 9.17) is 17.3 Å². The zero-order valence-electron chi connectivity index (χ0n) is 28.8. The molecule has 2 aliphatic heterocycles. The number of carbonyl (C=O) groups is 3. The Labute approximate surface area is 302 Å². The molecule has 6 rings (SSSR count). The van der Waals surface area contributed by atoms with Gasteiger partial charge in [0.1, 0.15) is 6.04 Å². The van der Waals surface area contributed by atoms with E-state index in [0.29, 0.717) is 49.2 Å². The van der Waals surface area contributed by atoms with E-state index in [1.807, 2.05) is 19.0 Å². The van der Waals surface area contributed by atoms with Gasteiger partial charge in [0.25, 0.3) is 11.8 Å². The average Bonchev–Trinajstić information content (AvgIpc) is 3.72. The van der Waals surface area contributed by atoms with E-state index in [-0.39, 0.29) is 69.6 Å². The quantitative estimate of drug-likeness (QED) is 0.243. The third-order valence-electron chi connectivity index (χ3n) is 9.93. The molecule has 1 aromatic carbocycles. The number of quaternary nitrogens is 1. The molecule has 0 radical (unpaired) electrons. The third kappa shape index (κ3) is 7.33. The predicted octanol–water partition coefficient (Wildman–Crippen LogP) is 3.31. The van der Waals surface area contributed by atoms with Gasteiger partial charge in [-0.3, -0.25) is 14.4 Å². The molecule has 2 saturated heterocycles. The minimum atomic E-state index is -4.82. The number of rotatable bonds is 7. The average molecular weight is 744 g/mol. The number of benzene rings is 1. The van der Waals surface area contributed by atoms with Crippen molar-refractivity contribution in [1.82, 2.24) is 34.1 Å². The van der Waals surface area contributed by atoms with E-state index in [2.05, 4.69) is 20.4 Å². The van der Waals surface area contributed by atoms with Crippen molar-refractivity contribution in [2.24, 2.45) is 13.0 Å². The van der Waals surface area contributed by atoms with Gasteiger partial charge in [-0.05, 0) is 43.2 Å². The van der Waals surface area contributed by atoms with Crippen LogP contribution in [0.2, 0.25) is 5.02 Å². The molecule has 1 atom stereocenters. The summed E-state index contributed by atoms with van der Waals surface area (Å²) in [6.07, 6.45) is -0.222. The van der Waals surface area contributed by atoms with Crippen LogP contribution >= 0.6 is 11.6 Å². The molecule has 0 spiro atoms. The van der Waals surface area contributed by atoms with Crippen LogP contribution in [0.5, 0.6) is 0 Å². The molecule has 3 aromatic heterocycles. The van der Waals surface area contributed by atoms with Gasteiger partial charge in [-0.15, -0.1) is 0 Å². The smallest absolute Gasteiger partial charge is 0.397 e. The molecule has 52 heavy (non-hydrogen) atoms. The van der Waals surface area contributed by atoms with E-state index in [1.165, 1.54) is 48.1 Å². The second kappa shape index (κ2) is 14.2. The number of carbonyl (C=O) groups excluding carboxylic acids is 3. The number of nitrogens with two attached hydrogens (primary N) is 1. The van der Waals surface area contributed by atoms with Crippen LogP contribution in [0, 0.1) is 5.92 Å². The maximum atomic E-state index is 14.0. The van der Waals surface area contributed by atoms with Crippen LogP contribution < -0.4 is 11.1 Å². The van der Waals surface area contributed by atoms with E-state index >= 15 is 0 Å². The summed E-state index contributed by atoms with van der Waals surface area (Å²) in [7, 11) is 5.50. The number of aliphatic hydroxyl groups excluding tert-OH is 1. The van der Waals surface area contributed by atoms with E-state index < -0.39 is 17.8 Å². The van der Waals surface area contributed by atoms with Crippen LogP contribution in [0.15, 0.2) is 48.9 Å². The Hall–Kier alpha value is -5.00. The lowest BCUT2D eigenvalue weighted by Gasteiger charge is -2.46. The number of nitrogens with one attached hydrogen (secondary N) is 1. The summed E-state index contributed by atoms with van der Waals surface area (Å²) in [5, 5.41) is 16.3. The Bertz CT molecular complexity index is 1990. The zero-order chi connectivity index (χ0) is 37.5. The summed E-state index contributed by atoms with van der Waals surface area (Å²) in [4.78, 5) is 51.5. The molecular formula is C34H39ClF3N10O4+. The number of aromatic nitrogens is 5. The van der Waals surface area contributed by atoms with Crippen molar-refractivity contribution in [3.8, 4) is 17.1 Å². The molecule has 2 aliphatic rings. The molecule has 0 saturated carbocycles. The molecule has 4 N–H and O–H groups in total. The van der Waals surface area contributed by atoms with E-state index in [9.17, 15) is 32.7 Å². The van der Waals surface area contributed by atoms with Crippen molar-refractivity contribution in [2.75, 3.05) is 64.5 Å². The fourth-order valence-corrected chi connectivity index (χ4v) is 6.87. The number of amides is 3. The maximum absolute atomic E-state index is 14.0. The second-order valence-electron chi connectivity index (χ2n) is 13.6. The number of piperidine rings is 1. The van der Waals surface area contributed by atoms with Crippen molar-refractivity contribution in [3.05, 3.63) is 71.0 Å². The lowest BCUT2D eigenvalue weighted by molar-refractivity contribution is -0.919. The van der Waals surface area contributed by atoms with Crippen molar-refractivity contribution in [3.63, 3.8) is 0 Å². The zero-order valence-corrected chi connectivity index (χ0v) is 29.5. The molecule has 0 bridgehead atoms. The Morgan fingerprint density at radius 1 is 1.06 bits per heavy atom. The Morgan fingerprint density at radius 3 is 2.42 bits per heavy atom. The number of nitrogens with zero attached hydrogens (tertiary/aromatic N) is 8. The molecule has 5 heterocycles. The van der Waals surface area contributed by atoms with Gasteiger partial charge in [0, 0.05) is 37.9 Å². The first-order valence-electron chi connectivity index (χ1n) is 16.6. The minimum absolute atomic E-state index is 0.00101. The van der Waals surface area contributed by atoms with Crippen molar-refractivity contribution in [1.29, 1.82) is 0 Å². The standard InChI is InChI=1S/C34H38ClF3N10O4/c1-44-27(25-18-47(43-29(25)34(36,37)38)28-7-4-21(39)15-40-28)16-41-30(44)31(50)42-22-5-6-24(26(35)14-22)33(52)45-10-8-20(9-11-45)32(51)46-12-13-48(2,3)23(17-46)19-49/h4-7,14-16,18,20,23,49H,8-13,17,19,39H2,1-3H3/p+1. The van der Waals surface area contributed by atoms with Gasteiger partial charge in [0.2, 0.25) is 5.91 Å². The highest BCUT2D eigenvalue weighted by atomic mass is 35.5. The highest BCUT2D eigenvalue weighted by molar-refractivity contribution is 6.34. The number of imidazole rings is 1. The van der Waals surface area contributed by atoms with Crippen molar-refractivity contribution >= 4 is 40.7 Å². The summed E-state index contributed by atoms with van der Waals surface area (Å²) in [6, 6.07) is 7.25. The number of anilines is 2. The maximum Gasteiger partial charge on any atom is 0.435 e. The van der Waals surface area contributed by atoms with Crippen LogP contribution in [-0.4, -0.2) is 121 Å². The monoisotopic (exact) mass is 743 g/mol. The van der Waals surface area contributed by atoms with Crippen molar-refractivity contribution < 1.29 is 37.1 Å². The van der Waals surface area contributed by atoms with Gasteiger partial charge in [-0.1, -0.05) is 11.6 Å². The predicted molar refractivity (Wildman–Crippen MR) is 185 cm³/mol. The molecule has 3 amide bonds. The Morgan fingerprint density at radius 2 is 1.79 bits per heavy atom. The number of likely N-dealkylation sites (N-methyl/N-ethyl adjacent to an activating group) is 1. The summed E-state index contributed by atoms with van der Waals surface area (Å²) in [5.74, 6) is -1.27. The molecular weight excluding hydrogens is 705 g/mol. The van der Waals surface area contributed by atoms with Gasteiger partial charge in [-0.25, -0.2) is 14.6 Å². The largest absolute Gasteiger partial charge is 0.435 e. The second-order valence-corrected chi connectivity index (χ2v) is 14.1. The topological polar surface area (TPSA) is 164 Å². The molecule has 0 aliphatic carbocycles. The van der Waals surface area contributed by atoms with Crippen molar-refractivity contribution in [2.45, 2.75) is 25.1 Å². The lowest BCUT2D eigenvalue weighted by atomic mass is 9.94. The van der Waals surface area contributed by atoms with Gasteiger partial charge in [0.05, 0.1) is 80.3 Å².